The van der Waals surface area contributed by atoms with Crippen LogP contribution in [0.15, 0.2) is 72.2 Å². The van der Waals surface area contributed by atoms with Crippen LogP contribution in [0.3, 0.4) is 0 Å². The number of nitrogens with zero attached hydrogens (tertiary/aromatic N) is 5. The van der Waals surface area contributed by atoms with Gasteiger partial charge in [0.25, 0.3) is 0 Å². The third-order valence-electron chi connectivity index (χ3n) is 4.44. The smallest absolute Gasteiger partial charge is 0.338 e. The normalized spacial score (nSPS) is 10.9. The van der Waals surface area contributed by atoms with Crippen LogP contribution in [0.5, 0.6) is 0 Å². The van der Waals surface area contributed by atoms with Crippen LogP contribution in [-0.2, 0) is 13.1 Å². The molecule has 4 aromatic rings. The van der Waals surface area contributed by atoms with Crippen LogP contribution < -0.4 is 16.3 Å². The number of hydrogen-bond acceptors (Lipinski definition) is 4. The molecule has 3 aromatic heterocycles. The molecule has 2 N–H and O–H groups in total. The molecule has 4 rings (SSSR count). The molecular weight excluding hydrogens is 370 g/mol. The number of rotatable bonds is 7. The van der Waals surface area contributed by atoms with E-state index in [0.717, 1.165) is 18.5 Å². The van der Waals surface area contributed by atoms with Crippen LogP contribution in [0.25, 0.3) is 5.65 Å². The molecule has 0 spiro atoms. The van der Waals surface area contributed by atoms with Crippen LogP contribution in [0.4, 0.5) is 10.5 Å². The van der Waals surface area contributed by atoms with E-state index in [1.807, 2.05) is 35.0 Å². The predicted molar refractivity (Wildman–Crippen MR) is 109 cm³/mol. The lowest BCUT2D eigenvalue weighted by molar-refractivity contribution is 0.252. The maximum atomic E-state index is 12.4. The minimum absolute atomic E-state index is 0.199. The van der Waals surface area contributed by atoms with Crippen molar-refractivity contribution in [3.05, 3.63) is 83.4 Å². The monoisotopic (exact) mass is 391 g/mol. The Morgan fingerprint density at radius 1 is 1.10 bits per heavy atom. The van der Waals surface area contributed by atoms with Gasteiger partial charge in [0.05, 0.1) is 12.9 Å². The minimum atomic E-state index is -0.266. The van der Waals surface area contributed by atoms with Gasteiger partial charge in [-0.3, -0.25) is 4.40 Å². The van der Waals surface area contributed by atoms with Crippen LogP contribution >= 0.6 is 0 Å². The summed E-state index contributed by atoms with van der Waals surface area (Å²) in [7, 11) is 0. The highest BCUT2D eigenvalue weighted by Gasteiger charge is 2.08. The summed E-state index contributed by atoms with van der Waals surface area (Å²) in [5.41, 5.74) is 1.93. The van der Waals surface area contributed by atoms with E-state index >= 15 is 0 Å². The minimum Gasteiger partial charge on any atom is -0.338 e. The Kier molecular flexibility index (Phi) is 5.37. The van der Waals surface area contributed by atoms with Gasteiger partial charge in [-0.05, 0) is 36.2 Å². The average Bonchev–Trinajstić information content (AvgIpc) is 3.34. The van der Waals surface area contributed by atoms with Gasteiger partial charge in [0.2, 0.25) is 0 Å². The fourth-order valence-electron chi connectivity index (χ4n) is 3.05. The van der Waals surface area contributed by atoms with Crippen molar-refractivity contribution >= 4 is 17.4 Å². The number of pyridine rings is 1. The van der Waals surface area contributed by atoms with Crippen LogP contribution in [0.1, 0.15) is 12.0 Å². The van der Waals surface area contributed by atoms with E-state index in [4.69, 9.17) is 0 Å². The number of aromatic nitrogens is 5. The number of anilines is 1. The van der Waals surface area contributed by atoms with Crippen molar-refractivity contribution in [3.8, 4) is 0 Å². The molecule has 2 amide bonds. The summed E-state index contributed by atoms with van der Waals surface area (Å²) < 4.78 is 4.87. The second-order valence-corrected chi connectivity index (χ2v) is 6.60. The Morgan fingerprint density at radius 2 is 2.03 bits per heavy atom. The summed E-state index contributed by atoms with van der Waals surface area (Å²) in [6, 6.07) is 12.5. The van der Waals surface area contributed by atoms with E-state index in [1.54, 1.807) is 36.9 Å². The maximum absolute atomic E-state index is 12.4. The molecule has 1 aromatic carbocycles. The second-order valence-electron chi connectivity index (χ2n) is 6.60. The van der Waals surface area contributed by atoms with E-state index in [1.165, 1.54) is 9.08 Å². The van der Waals surface area contributed by atoms with E-state index in [2.05, 4.69) is 20.7 Å². The molecule has 29 heavy (non-hydrogen) atoms. The SMILES string of the molecule is O=C(NCCCn1ccnc1)Nc1cccc(Cn2nc3ccccn3c2=O)c1. The van der Waals surface area contributed by atoms with Crippen molar-refractivity contribution in [1.29, 1.82) is 0 Å². The molecule has 0 unspecified atom stereocenters. The van der Waals surface area contributed by atoms with Gasteiger partial charge in [-0.25, -0.2) is 19.3 Å². The molecule has 0 saturated carbocycles. The Labute approximate surface area is 166 Å². The number of fused-ring (bicyclic) bond motifs is 1. The first-order chi connectivity index (χ1) is 14.2. The topological polar surface area (TPSA) is 98.2 Å². The first kappa shape index (κ1) is 18.5. The summed E-state index contributed by atoms with van der Waals surface area (Å²) in [6.45, 7) is 1.67. The number of nitrogens with one attached hydrogen (secondary N) is 2. The standard InChI is InChI=1S/C20H21N7O2/c28-19(22-8-4-10-25-12-9-21-15-25)23-17-6-3-5-16(13-17)14-27-20(29)26-11-2-1-7-18(26)24-27/h1-3,5-7,9,11-13,15H,4,8,10,14H2,(H2,22,23,28). The number of benzene rings is 1. The zero-order chi connectivity index (χ0) is 20.1. The van der Waals surface area contributed by atoms with Crippen molar-refractivity contribution in [2.75, 3.05) is 11.9 Å². The third kappa shape index (κ3) is 4.52. The first-order valence-corrected chi connectivity index (χ1v) is 9.33. The van der Waals surface area contributed by atoms with Gasteiger partial charge in [-0.15, -0.1) is 5.10 Å². The molecule has 9 heteroatoms. The number of aryl methyl sites for hydroxylation is 1. The van der Waals surface area contributed by atoms with Crippen molar-refractivity contribution in [2.24, 2.45) is 0 Å². The van der Waals surface area contributed by atoms with Crippen molar-refractivity contribution < 1.29 is 4.79 Å². The summed E-state index contributed by atoms with van der Waals surface area (Å²) in [5, 5.41) is 9.99. The van der Waals surface area contributed by atoms with Gasteiger partial charge in [0.15, 0.2) is 5.65 Å². The van der Waals surface area contributed by atoms with Gasteiger partial charge in [0.1, 0.15) is 0 Å². The molecule has 0 aliphatic rings. The molecule has 0 saturated heterocycles. The lowest BCUT2D eigenvalue weighted by atomic mass is 10.2. The van der Waals surface area contributed by atoms with Gasteiger partial charge in [-0.1, -0.05) is 18.2 Å². The number of hydrogen-bond donors (Lipinski definition) is 2. The lowest BCUT2D eigenvalue weighted by Crippen LogP contribution is -2.30. The number of imidazole rings is 1. The molecule has 0 fully saturated rings. The number of carbonyl (C=O) groups is 1. The molecular formula is C20H21N7O2. The Morgan fingerprint density at radius 3 is 2.86 bits per heavy atom. The highest BCUT2D eigenvalue weighted by Crippen LogP contribution is 2.11. The van der Waals surface area contributed by atoms with Crippen molar-refractivity contribution in [3.63, 3.8) is 0 Å². The molecule has 0 bridgehead atoms. The zero-order valence-electron chi connectivity index (χ0n) is 15.7. The quantitative estimate of drug-likeness (QED) is 0.471. The molecule has 9 nitrogen and oxygen atoms in total. The molecule has 0 atom stereocenters. The Bertz CT molecular complexity index is 1160. The van der Waals surface area contributed by atoms with E-state index < -0.39 is 0 Å². The largest absolute Gasteiger partial charge is 0.350 e. The van der Waals surface area contributed by atoms with Crippen molar-refractivity contribution in [2.45, 2.75) is 19.5 Å². The van der Waals surface area contributed by atoms with Gasteiger partial charge in [0, 0.05) is 37.4 Å². The molecule has 3 heterocycles. The van der Waals surface area contributed by atoms with Crippen LogP contribution in [-0.4, -0.2) is 36.3 Å². The van der Waals surface area contributed by atoms with Gasteiger partial charge < -0.3 is 15.2 Å². The summed E-state index contributed by atoms with van der Waals surface area (Å²) >= 11 is 0. The summed E-state index contributed by atoms with van der Waals surface area (Å²) in [4.78, 5) is 28.5. The van der Waals surface area contributed by atoms with E-state index in [0.29, 0.717) is 24.4 Å². The number of urea groups is 1. The highest BCUT2D eigenvalue weighted by molar-refractivity contribution is 5.89. The molecule has 148 valence electrons. The molecule has 0 aliphatic heterocycles. The lowest BCUT2D eigenvalue weighted by Gasteiger charge is -2.09. The Balaban J connectivity index is 1.33. The fourth-order valence-corrected chi connectivity index (χ4v) is 3.05. The second kappa shape index (κ2) is 8.42. The predicted octanol–water partition coefficient (Wildman–Crippen LogP) is 1.95. The summed E-state index contributed by atoms with van der Waals surface area (Å²) in [6.07, 6.45) is 7.87. The maximum Gasteiger partial charge on any atom is 0.350 e. The van der Waals surface area contributed by atoms with Crippen molar-refractivity contribution in [1.82, 2.24) is 29.0 Å². The van der Waals surface area contributed by atoms with Crippen LogP contribution in [0, 0.1) is 0 Å². The number of amides is 2. The highest BCUT2D eigenvalue weighted by atomic mass is 16.2. The third-order valence-corrected chi connectivity index (χ3v) is 4.44. The zero-order valence-corrected chi connectivity index (χ0v) is 15.7. The van der Waals surface area contributed by atoms with E-state index in [-0.39, 0.29) is 11.7 Å². The molecule has 0 aliphatic carbocycles. The van der Waals surface area contributed by atoms with Gasteiger partial charge >= 0.3 is 11.7 Å². The van der Waals surface area contributed by atoms with E-state index in [9.17, 15) is 9.59 Å². The fraction of sp³-hybridized carbons (Fsp3) is 0.200. The molecule has 0 radical (unpaired) electrons. The average molecular weight is 391 g/mol. The van der Waals surface area contributed by atoms with Crippen LogP contribution in [0.2, 0.25) is 0 Å². The Hall–Kier alpha value is -3.88. The number of carbonyl (C=O) groups excluding carboxylic acids is 1. The first-order valence-electron chi connectivity index (χ1n) is 9.33. The van der Waals surface area contributed by atoms with Gasteiger partial charge in [-0.2, -0.15) is 0 Å². The summed E-state index contributed by atoms with van der Waals surface area (Å²) in [5.74, 6) is 0.